The van der Waals surface area contributed by atoms with Gasteiger partial charge in [-0.3, -0.25) is 4.90 Å². The Morgan fingerprint density at radius 1 is 1.39 bits per heavy atom. The van der Waals surface area contributed by atoms with Crippen LogP contribution in [0.3, 0.4) is 0 Å². The maximum Gasteiger partial charge on any atom is 0.0462 e. The van der Waals surface area contributed by atoms with Crippen molar-refractivity contribution in [3.8, 4) is 0 Å². The fraction of sp³-hybridized carbons (Fsp3) is 0.571. The highest BCUT2D eigenvalue weighted by molar-refractivity contribution is 9.10. The average molecular weight is 351 g/mol. The molecule has 0 radical (unpaired) electrons. The second-order valence-corrected chi connectivity index (χ2v) is 6.53. The summed E-state index contributed by atoms with van der Waals surface area (Å²) in [5.74, 6) is 0.767. The molecule has 1 fully saturated rings. The van der Waals surface area contributed by atoms with Crippen LogP contribution in [0.4, 0.5) is 0 Å². The molecule has 100 valence electrons. The van der Waals surface area contributed by atoms with Crippen molar-refractivity contribution in [3.63, 3.8) is 0 Å². The van der Waals surface area contributed by atoms with Gasteiger partial charge in [-0.05, 0) is 49.9 Å². The van der Waals surface area contributed by atoms with Gasteiger partial charge in [0.2, 0.25) is 0 Å². The molecule has 1 aromatic rings. The summed E-state index contributed by atoms with van der Waals surface area (Å²) in [5, 5.41) is 0.854. The van der Waals surface area contributed by atoms with Gasteiger partial charge in [-0.1, -0.05) is 33.6 Å². The molecule has 1 unspecified atom stereocenters. The van der Waals surface area contributed by atoms with Crippen molar-refractivity contribution < 1.29 is 0 Å². The Morgan fingerprint density at radius 3 is 2.94 bits per heavy atom. The first-order chi connectivity index (χ1) is 8.70. The standard InChI is InChI=1S/C14H18BrCl2N/c15-12-6-5-11(14(17)9-12)10-18-8-2-4-13(18)3-1-7-16/h5-6,9,13H,1-4,7-8,10H2. The topological polar surface area (TPSA) is 3.24 Å². The van der Waals surface area contributed by atoms with Crippen LogP contribution in [0.15, 0.2) is 22.7 Å². The molecule has 1 aliphatic rings. The van der Waals surface area contributed by atoms with Gasteiger partial charge in [-0.2, -0.15) is 0 Å². The number of nitrogens with zero attached hydrogens (tertiary/aromatic N) is 1. The zero-order valence-electron chi connectivity index (χ0n) is 10.3. The van der Waals surface area contributed by atoms with E-state index >= 15 is 0 Å². The summed E-state index contributed by atoms with van der Waals surface area (Å²) in [6, 6.07) is 6.83. The second kappa shape index (κ2) is 7.14. The summed E-state index contributed by atoms with van der Waals surface area (Å²) >= 11 is 15.5. The first-order valence-corrected chi connectivity index (χ1v) is 8.15. The lowest BCUT2D eigenvalue weighted by molar-refractivity contribution is 0.234. The Hall–Kier alpha value is 0.240. The number of hydrogen-bond donors (Lipinski definition) is 0. The van der Waals surface area contributed by atoms with Crippen LogP contribution in [-0.4, -0.2) is 23.4 Å². The minimum atomic E-state index is 0.684. The summed E-state index contributed by atoms with van der Waals surface area (Å²) in [5.41, 5.74) is 1.22. The Balaban J connectivity index is 1.99. The van der Waals surface area contributed by atoms with E-state index in [0.717, 1.165) is 28.3 Å². The largest absolute Gasteiger partial charge is 0.296 e. The van der Waals surface area contributed by atoms with Gasteiger partial charge in [-0.25, -0.2) is 0 Å². The van der Waals surface area contributed by atoms with E-state index in [1.165, 1.54) is 31.4 Å². The van der Waals surface area contributed by atoms with Crippen molar-refractivity contribution in [2.24, 2.45) is 0 Å². The Kier molecular flexibility index (Phi) is 5.81. The van der Waals surface area contributed by atoms with E-state index < -0.39 is 0 Å². The fourth-order valence-corrected chi connectivity index (χ4v) is 3.50. The molecule has 4 heteroatoms. The van der Waals surface area contributed by atoms with E-state index in [9.17, 15) is 0 Å². The molecule has 0 aromatic heterocycles. The third-order valence-electron chi connectivity index (χ3n) is 3.56. The molecule has 2 rings (SSSR count). The smallest absolute Gasteiger partial charge is 0.0462 e. The number of alkyl halides is 1. The molecule has 0 aliphatic carbocycles. The van der Waals surface area contributed by atoms with Gasteiger partial charge in [0.05, 0.1) is 0 Å². The predicted octanol–water partition coefficient (Wildman–Crippen LogP) is 5.09. The highest BCUT2D eigenvalue weighted by Crippen LogP contribution is 2.27. The van der Waals surface area contributed by atoms with E-state index in [1.54, 1.807) is 0 Å². The van der Waals surface area contributed by atoms with Crippen LogP contribution < -0.4 is 0 Å². The van der Waals surface area contributed by atoms with E-state index in [1.807, 2.05) is 6.07 Å². The first kappa shape index (κ1) is 14.6. The lowest BCUT2D eigenvalue weighted by Crippen LogP contribution is -2.29. The summed E-state index contributed by atoms with van der Waals surface area (Å²) < 4.78 is 1.04. The third-order valence-corrected chi connectivity index (χ3v) is 4.67. The Bertz CT molecular complexity index is 397. The minimum absolute atomic E-state index is 0.684. The van der Waals surface area contributed by atoms with Gasteiger partial charge in [0.25, 0.3) is 0 Å². The maximum atomic E-state index is 6.28. The van der Waals surface area contributed by atoms with Gasteiger partial charge >= 0.3 is 0 Å². The first-order valence-electron chi connectivity index (χ1n) is 6.44. The highest BCUT2D eigenvalue weighted by atomic mass is 79.9. The van der Waals surface area contributed by atoms with Gasteiger partial charge in [-0.15, -0.1) is 11.6 Å². The zero-order chi connectivity index (χ0) is 13.0. The predicted molar refractivity (Wildman–Crippen MR) is 82.5 cm³/mol. The SMILES string of the molecule is ClCCCC1CCCN1Cc1ccc(Br)cc1Cl. The van der Waals surface area contributed by atoms with Crippen LogP contribution in [0, 0.1) is 0 Å². The molecule has 0 amide bonds. The fourth-order valence-electron chi connectivity index (χ4n) is 2.61. The maximum absolute atomic E-state index is 6.28. The molecular weight excluding hydrogens is 333 g/mol. The summed E-state index contributed by atoms with van der Waals surface area (Å²) in [4.78, 5) is 2.54. The van der Waals surface area contributed by atoms with Crippen LogP contribution in [0.2, 0.25) is 5.02 Å². The van der Waals surface area contributed by atoms with Crippen LogP contribution >= 0.6 is 39.1 Å². The second-order valence-electron chi connectivity index (χ2n) is 4.83. The highest BCUT2D eigenvalue weighted by Gasteiger charge is 2.24. The quantitative estimate of drug-likeness (QED) is 0.669. The lowest BCUT2D eigenvalue weighted by atomic mass is 10.1. The molecule has 0 N–H and O–H groups in total. The van der Waals surface area contributed by atoms with Gasteiger partial charge in [0, 0.05) is 28.0 Å². The molecule has 1 heterocycles. The minimum Gasteiger partial charge on any atom is -0.296 e. The Labute approximate surface area is 128 Å². The normalized spacial score (nSPS) is 20.5. The average Bonchev–Trinajstić information content (AvgIpc) is 2.77. The third kappa shape index (κ3) is 3.86. The van der Waals surface area contributed by atoms with Gasteiger partial charge in [0.15, 0.2) is 0 Å². The van der Waals surface area contributed by atoms with E-state index in [4.69, 9.17) is 23.2 Å². The monoisotopic (exact) mass is 349 g/mol. The van der Waals surface area contributed by atoms with E-state index in [0.29, 0.717) is 6.04 Å². The van der Waals surface area contributed by atoms with Crippen LogP contribution in [-0.2, 0) is 6.54 Å². The lowest BCUT2D eigenvalue weighted by Gasteiger charge is -2.24. The number of rotatable bonds is 5. The van der Waals surface area contributed by atoms with Crippen molar-refractivity contribution >= 4 is 39.1 Å². The molecule has 0 bridgehead atoms. The molecule has 0 saturated carbocycles. The van der Waals surface area contributed by atoms with Crippen molar-refractivity contribution in [1.29, 1.82) is 0 Å². The Morgan fingerprint density at radius 2 is 2.22 bits per heavy atom. The van der Waals surface area contributed by atoms with Crippen LogP contribution in [0.1, 0.15) is 31.2 Å². The molecule has 18 heavy (non-hydrogen) atoms. The number of hydrogen-bond acceptors (Lipinski definition) is 1. The molecule has 1 nitrogen and oxygen atoms in total. The van der Waals surface area contributed by atoms with Crippen LogP contribution in [0.5, 0.6) is 0 Å². The molecule has 1 saturated heterocycles. The van der Waals surface area contributed by atoms with Crippen molar-refractivity contribution in [2.75, 3.05) is 12.4 Å². The molecule has 1 aliphatic heterocycles. The summed E-state index contributed by atoms with van der Waals surface area (Å²) in [7, 11) is 0. The molecule has 1 atom stereocenters. The summed E-state index contributed by atoms with van der Waals surface area (Å²) in [6.07, 6.45) is 4.90. The van der Waals surface area contributed by atoms with Gasteiger partial charge < -0.3 is 0 Å². The molecule has 0 spiro atoms. The van der Waals surface area contributed by atoms with Crippen molar-refractivity contribution in [1.82, 2.24) is 4.90 Å². The number of halogens is 3. The number of likely N-dealkylation sites (tertiary alicyclic amines) is 1. The molecular formula is C14H18BrCl2N. The van der Waals surface area contributed by atoms with E-state index in [-0.39, 0.29) is 0 Å². The van der Waals surface area contributed by atoms with Gasteiger partial charge in [0.1, 0.15) is 0 Å². The van der Waals surface area contributed by atoms with Crippen molar-refractivity contribution in [3.05, 3.63) is 33.3 Å². The number of benzene rings is 1. The summed E-state index contributed by atoms with van der Waals surface area (Å²) in [6.45, 7) is 2.14. The van der Waals surface area contributed by atoms with Crippen LogP contribution in [0.25, 0.3) is 0 Å². The van der Waals surface area contributed by atoms with Crippen molar-refractivity contribution in [2.45, 2.75) is 38.3 Å². The zero-order valence-corrected chi connectivity index (χ0v) is 13.4. The molecule has 1 aromatic carbocycles. The van der Waals surface area contributed by atoms with E-state index in [2.05, 4.69) is 33.0 Å².